The van der Waals surface area contributed by atoms with Crippen LogP contribution < -0.4 is 10.2 Å². The molecule has 2 aromatic rings. The van der Waals surface area contributed by atoms with E-state index in [1.807, 2.05) is 0 Å². The molecule has 0 spiro atoms. The molecule has 0 bridgehead atoms. The first kappa shape index (κ1) is 26.2. The summed E-state index contributed by atoms with van der Waals surface area (Å²) in [6, 6.07) is 0. The second-order valence-corrected chi connectivity index (χ2v) is 4.46. The zero-order valence-electron chi connectivity index (χ0n) is 12.7. The van der Waals surface area contributed by atoms with E-state index in [0.29, 0.717) is 0 Å². The van der Waals surface area contributed by atoms with Crippen LogP contribution in [0.25, 0.3) is 0 Å². The van der Waals surface area contributed by atoms with Crippen LogP contribution in [0.3, 0.4) is 0 Å². The molecule has 0 aliphatic heterocycles. The van der Waals surface area contributed by atoms with Crippen LogP contribution in [0.1, 0.15) is 20.7 Å². The van der Waals surface area contributed by atoms with Gasteiger partial charge in [-0.2, -0.15) is 0 Å². The molecule has 161 valence electrons. The smallest absolute Gasteiger partial charge is 0.545 e. The predicted octanol–water partition coefficient (Wildman–Crippen LogP) is 1.49. The molecule has 0 saturated heterocycles. The van der Waals surface area contributed by atoms with E-state index in [9.17, 15) is 63.7 Å². The van der Waals surface area contributed by atoms with Crippen molar-refractivity contribution in [3.63, 3.8) is 0 Å². The molecule has 1 radical (unpaired) electrons. The molecule has 15 heteroatoms. The Kier molecular flexibility index (Phi) is 8.68. The van der Waals surface area contributed by atoms with E-state index in [1.165, 1.54) is 0 Å². The van der Waals surface area contributed by atoms with Gasteiger partial charge in [0.05, 0.1) is 23.1 Å². The van der Waals surface area contributed by atoms with E-state index in [-0.39, 0.29) is 17.1 Å². The summed E-state index contributed by atoms with van der Waals surface area (Å²) in [5.41, 5.74) is -3.94. The largest absolute Gasteiger partial charge is 2.00 e. The van der Waals surface area contributed by atoms with Crippen molar-refractivity contribution in [3.8, 4) is 0 Å². The third-order valence-electron chi connectivity index (χ3n) is 2.83. The molecule has 0 aliphatic carbocycles. The molecule has 0 aliphatic rings. The summed E-state index contributed by atoms with van der Waals surface area (Å²) in [6.07, 6.45) is 0. The average Bonchev–Trinajstić information content (AvgIpc) is 2.61. The maximum atomic E-state index is 12.5. The fraction of sp³-hybridized carbons (Fsp3) is 0. The third kappa shape index (κ3) is 4.79. The van der Waals surface area contributed by atoms with Crippen LogP contribution in [0.5, 0.6) is 0 Å². The number of aromatic carboxylic acids is 2. The van der Waals surface area contributed by atoms with Crippen molar-refractivity contribution < 1.29 is 80.8 Å². The van der Waals surface area contributed by atoms with E-state index in [2.05, 4.69) is 0 Å². The summed E-state index contributed by atoms with van der Waals surface area (Å²) in [5, 5.41) is 20.0. The van der Waals surface area contributed by atoms with Gasteiger partial charge in [-0.3, -0.25) is 0 Å². The predicted molar refractivity (Wildman–Crippen MR) is 61.1 cm³/mol. The number of rotatable bonds is 2. The van der Waals surface area contributed by atoms with Gasteiger partial charge in [0.15, 0.2) is 46.5 Å². The Morgan fingerprint density at radius 2 is 0.552 bits per heavy atom. The number of carbonyl (C=O) groups is 2. The first-order chi connectivity index (χ1) is 12.7. The Hall–Kier alpha value is -2.80. The molecular formula is C14CuF10O4. The van der Waals surface area contributed by atoms with Gasteiger partial charge in [-0.25, -0.2) is 43.9 Å². The maximum absolute atomic E-state index is 12.5. The van der Waals surface area contributed by atoms with Crippen molar-refractivity contribution in [1.82, 2.24) is 0 Å². The van der Waals surface area contributed by atoms with Gasteiger partial charge < -0.3 is 19.8 Å². The summed E-state index contributed by atoms with van der Waals surface area (Å²) in [7, 11) is 0. The summed E-state index contributed by atoms with van der Waals surface area (Å²) in [5.74, 6) is -28.7. The SMILES string of the molecule is O=C([O-])c1c(F)c(F)c(F)c(F)c1F.O=C([O-])c1c(F)c(F)c(F)c(F)c1F.[Cu+2]. The Balaban J connectivity index is 0.000000523. The first-order valence-electron chi connectivity index (χ1n) is 6.21. The van der Waals surface area contributed by atoms with Gasteiger partial charge in [-0.15, -0.1) is 0 Å². The van der Waals surface area contributed by atoms with E-state index in [1.54, 1.807) is 0 Å². The first-order valence-corrected chi connectivity index (χ1v) is 6.21. The molecule has 2 rings (SSSR count). The third-order valence-corrected chi connectivity index (χ3v) is 2.83. The normalized spacial score (nSPS) is 10.0. The zero-order chi connectivity index (χ0) is 22.1. The van der Waals surface area contributed by atoms with Crippen LogP contribution >= 0.6 is 0 Å². The molecule has 0 atom stereocenters. The topological polar surface area (TPSA) is 80.3 Å². The minimum atomic E-state index is -2.47. The molecule has 0 N–H and O–H groups in total. The van der Waals surface area contributed by atoms with E-state index < -0.39 is 81.2 Å². The summed E-state index contributed by atoms with van der Waals surface area (Å²) < 4.78 is 124. The van der Waals surface area contributed by atoms with Crippen LogP contribution in [-0.2, 0) is 17.1 Å². The fourth-order valence-electron chi connectivity index (χ4n) is 1.57. The Bertz CT molecular complexity index is 858. The van der Waals surface area contributed by atoms with Gasteiger partial charge in [-0.05, 0) is 0 Å². The summed E-state index contributed by atoms with van der Waals surface area (Å²) >= 11 is 0. The number of hydrogen-bond donors (Lipinski definition) is 0. The van der Waals surface area contributed by atoms with Crippen molar-refractivity contribution in [2.75, 3.05) is 0 Å². The molecular weight excluding hydrogens is 486 g/mol. The molecule has 4 nitrogen and oxygen atoms in total. The van der Waals surface area contributed by atoms with Crippen molar-refractivity contribution in [1.29, 1.82) is 0 Å². The number of benzene rings is 2. The molecule has 0 heterocycles. The number of hydrogen-bond acceptors (Lipinski definition) is 4. The van der Waals surface area contributed by atoms with E-state index >= 15 is 0 Å². The number of halogens is 10. The van der Waals surface area contributed by atoms with Crippen molar-refractivity contribution >= 4 is 11.9 Å². The van der Waals surface area contributed by atoms with Gasteiger partial charge >= 0.3 is 17.1 Å². The molecule has 0 fully saturated rings. The van der Waals surface area contributed by atoms with Crippen LogP contribution in [-0.4, -0.2) is 11.9 Å². The van der Waals surface area contributed by atoms with Crippen LogP contribution in [0.15, 0.2) is 0 Å². The molecule has 0 aromatic heterocycles. The van der Waals surface area contributed by atoms with Gasteiger partial charge in [0, 0.05) is 0 Å². The second kappa shape index (κ2) is 9.60. The molecule has 0 unspecified atom stereocenters. The number of carboxylic acids is 2. The quantitative estimate of drug-likeness (QED) is 0.279. The molecule has 2 aromatic carbocycles. The molecule has 0 saturated carbocycles. The van der Waals surface area contributed by atoms with Gasteiger partial charge in [0.25, 0.3) is 0 Å². The average molecular weight is 486 g/mol. The van der Waals surface area contributed by atoms with Gasteiger partial charge in [0.2, 0.25) is 11.6 Å². The standard InChI is InChI=1S/2C7HF5O2.Cu/c2*8-2-1(7(13)14)3(9)5(11)6(12)4(2)10;/h2*(H,13,14);/q;;+2/p-2. The Labute approximate surface area is 162 Å². The zero-order valence-corrected chi connectivity index (χ0v) is 13.7. The number of carbonyl (C=O) groups excluding carboxylic acids is 2. The van der Waals surface area contributed by atoms with Gasteiger partial charge in [-0.1, -0.05) is 0 Å². The molecule has 0 amide bonds. The van der Waals surface area contributed by atoms with Crippen molar-refractivity contribution in [2.45, 2.75) is 0 Å². The Morgan fingerprint density at radius 1 is 0.414 bits per heavy atom. The minimum absolute atomic E-state index is 0. The van der Waals surface area contributed by atoms with Gasteiger partial charge in [0.1, 0.15) is 0 Å². The summed E-state index contributed by atoms with van der Waals surface area (Å²) in [6.45, 7) is 0. The van der Waals surface area contributed by atoms with Crippen LogP contribution in [0.4, 0.5) is 43.9 Å². The van der Waals surface area contributed by atoms with Crippen molar-refractivity contribution in [2.24, 2.45) is 0 Å². The summed E-state index contributed by atoms with van der Waals surface area (Å²) in [4.78, 5) is 20.0. The van der Waals surface area contributed by atoms with E-state index in [0.717, 1.165) is 0 Å². The molecule has 29 heavy (non-hydrogen) atoms. The monoisotopic (exact) mass is 485 g/mol. The number of carboxylic acid groups (broad SMARTS) is 2. The van der Waals surface area contributed by atoms with Crippen molar-refractivity contribution in [3.05, 3.63) is 69.3 Å². The Morgan fingerprint density at radius 3 is 0.690 bits per heavy atom. The van der Waals surface area contributed by atoms with Crippen LogP contribution in [0, 0.1) is 58.2 Å². The second-order valence-electron chi connectivity index (χ2n) is 4.46. The maximum Gasteiger partial charge on any atom is 2.00 e. The van der Waals surface area contributed by atoms with E-state index in [4.69, 9.17) is 0 Å². The fourth-order valence-corrected chi connectivity index (χ4v) is 1.57. The minimum Gasteiger partial charge on any atom is -0.545 e. The van der Waals surface area contributed by atoms with Crippen LogP contribution in [0.2, 0.25) is 0 Å².